The number of benzene rings is 1. The predicted molar refractivity (Wildman–Crippen MR) is 55.4 cm³/mol. The fourth-order valence-corrected chi connectivity index (χ4v) is 1.62. The normalized spacial score (nSPS) is 15.9. The zero-order valence-corrected chi connectivity index (χ0v) is 8.32. The minimum atomic E-state index is -0.465. The predicted octanol–water partition coefficient (Wildman–Crippen LogP) is 1.83. The summed E-state index contributed by atoms with van der Waals surface area (Å²) in [5, 5.41) is 0.930. The van der Waals surface area contributed by atoms with Crippen LogP contribution in [0.4, 0.5) is 10.1 Å². The van der Waals surface area contributed by atoms with Crippen molar-refractivity contribution in [2.45, 2.75) is 19.3 Å². The van der Waals surface area contributed by atoms with Crippen molar-refractivity contribution in [1.29, 1.82) is 0 Å². The first-order chi connectivity index (χ1) is 7.20. The molecule has 1 aromatic carbocycles. The molecule has 1 saturated carbocycles. The molecule has 0 unspecified atom stereocenters. The van der Waals surface area contributed by atoms with Crippen LogP contribution in [0, 0.1) is 11.7 Å². The van der Waals surface area contributed by atoms with Gasteiger partial charge in [-0.25, -0.2) is 15.2 Å². The summed E-state index contributed by atoms with van der Waals surface area (Å²) in [6.07, 6.45) is 2.78. The van der Waals surface area contributed by atoms with E-state index in [1.807, 2.05) is 0 Å². The number of carbonyl (C=O) groups is 1. The molecule has 80 valence electrons. The molecule has 2 rings (SSSR count). The third kappa shape index (κ3) is 1.85. The van der Waals surface area contributed by atoms with Crippen molar-refractivity contribution in [2.24, 2.45) is 11.8 Å². The Labute approximate surface area is 87.6 Å². The fourth-order valence-electron chi connectivity index (χ4n) is 1.62. The van der Waals surface area contributed by atoms with Gasteiger partial charge in [-0.1, -0.05) is 18.6 Å². The minimum Gasteiger partial charge on any atom is -0.273 e. The average molecular weight is 208 g/mol. The highest BCUT2D eigenvalue weighted by molar-refractivity contribution is 5.94. The van der Waals surface area contributed by atoms with Crippen molar-refractivity contribution >= 4 is 11.6 Å². The number of nitrogens with two attached hydrogens (primary N) is 1. The Hall–Kier alpha value is -1.42. The van der Waals surface area contributed by atoms with Gasteiger partial charge in [-0.15, -0.1) is 0 Å². The molecule has 0 spiro atoms. The van der Waals surface area contributed by atoms with Gasteiger partial charge in [0.15, 0.2) is 0 Å². The largest absolute Gasteiger partial charge is 0.273 e. The molecule has 1 aliphatic carbocycles. The highest BCUT2D eigenvalue weighted by atomic mass is 19.1. The van der Waals surface area contributed by atoms with Crippen molar-refractivity contribution in [2.75, 3.05) is 5.01 Å². The second-order valence-electron chi connectivity index (χ2n) is 3.79. The molecule has 4 heteroatoms. The maximum Gasteiger partial charge on any atom is 0.244 e. The maximum absolute atomic E-state index is 13.3. The number of amides is 1. The summed E-state index contributed by atoms with van der Waals surface area (Å²) in [7, 11) is 0. The number of rotatable bonds is 2. The highest BCUT2D eigenvalue weighted by Crippen LogP contribution is 2.29. The SMILES string of the molecule is NN(C(=O)C1CCC1)c1ccccc1F. The molecule has 2 N–H and O–H groups in total. The second-order valence-corrected chi connectivity index (χ2v) is 3.79. The Morgan fingerprint density at radius 1 is 1.40 bits per heavy atom. The third-order valence-corrected chi connectivity index (χ3v) is 2.80. The van der Waals surface area contributed by atoms with E-state index in [0.717, 1.165) is 24.3 Å². The number of anilines is 1. The van der Waals surface area contributed by atoms with Gasteiger partial charge in [0.1, 0.15) is 5.82 Å². The lowest BCUT2D eigenvalue weighted by atomic mass is 9.84. The molecular formula is C11H13FN2O. The number of para-hydroxylation sites is 1. The number of nitrogens with zero attached hydrogens (tertiary/aromatic N) is 1. The number of halogens is 1. The van der Waals surface area contributed by atoms with Crippen LogP contribution in [0.3, 0.4) is 0 Å². The quantitative estimate of drug-likeness (QED) is 0.458. The highest BCUT2D eigenvalue weighted by Gasteiger charge is 2.29. The Morgan fingerprint density at radius 2 is 2.07 bits per heavy atom. The molecule has 0 heterocycles. The van der Waals surface area contributed by atoms with E-state index in [1.165, 1.54) is 12.1 Å². The van der Waals surface area contributed by atoms with E-state index in [1.54, 1.807) is 12.1 Å². The van der Waals surface area contributed by atoms with Gasteiger partial charge in [-0.05, 0) is 25.0 Å². The van der Waals surface area contributed by atoms with Gasteiger partial charge in [0.25, 0.3) is 0 Å². The standard InChI is InChI=1S/C11H13FN2O/c12-9-6-1-2-7-10(9)14(13)11(15)8-4-3-5-8/h1-2,6-8H,3-5,13H2. The first kappa shape index (κ1) is 10.1. The Bertz CT molecular complexity index is 377. The molecule has 1 fully saturated rings. The fraction of sp³-hybridized carbons (Fsp3) is 0.364. The molecule has 0 radical (unpaired) electrons. The topological polar surface area (TPSA) is 46.3 Å². The second kappa shape index (κ2) is 3.98. The van der Waals surface area contributed by atoms with Crippen LogP contribution in [0.5, 0.6) is 0 Å². The summed E-state index contributed by atoms with van der Waals surface area (Å²) in [6, 6.07) is 6.03. The minimum absolute atomic E-state index is 0.0189. The maximum atomic E-state index is 13.3. The van der Waals surface area contributed by atoms with Crippen LogP contribution in [-0.2, 0) is 4.79 Å². The van der Waals surface area contributed by atoms with Gasteiger partial charge in [0.05, 0.1) is 5.69 Å². The lowest BCUT2D eigenvalue weighted by Crippen LogP contribution is -2.44. The molecule has 0 saturated heterocycles. The van der Waals surface area contributed by atoms with E-state index in [9.17, 15) is 9.18 Å². The van der Waals surface area contributed by atoms with Crippen LogP contribution in [0.2, 0.25) is 0 Å². The molecule has 0 aromatic heterocycles. The summed E-state index contributed by atoms with van der Waals surface area (Å²) in [4.78, 5) is 11.7. The summed E-state index contributed by atoms with van der Waals surface area (Å²) in [5.41, 5.74) is 0.148. The van der Waals surface area contributed by atoms with E-state index in [4.69, 9.17) is 5.84 Å². The average Bonchev–Trinajstić information content (AvgIpc) is 2.15. The van der Waals surface area contributed by atoms with Gasteiger partial charge in [0, 0.05) is 5.92 Å². The molecule has 1 amide bonds. The van der Waals surface area contributed by atoms with E-state index in [2.05, 4.69) is 0 Å². The zero-order chi connectivity index (χ0) is 10.8. The van der Waals surface area contributed by atoms with Crippen molar-refractivity contribution in [3.05, 3.63) is 30.1 Å². The number of carbonyl (C=O) groups excluding carboxylic acids is 1. The molecule has 0 bridgehead atoms. The number of hydrogen-bond donors (Lipinski definition) is 1. The van der Waals surface area contributed by atoms with Crippen LogP contribution < -0.4 is 10.9 Å². The summed E-state index contributed by atoms with van der Waals surface area (Å²) < 4.78 is 13.3. The van der Waals surface area contributed by atoms with E-state index in [-0.39, 0.29) is 17.5 Å². The Morgan fingerprint density at radius 3 is 2.60 bits per heavy atom. The van der Waals surface area contributed by atoms with Crippen molar-refractivity contribution in [3.63, 3.8) is 0 Å². The Balaban J connectivity index is 2.16. The van der Waals surface area contributed by atoms with Gasteiger partial charge < -0.3 is 0 Å². The van der Waals surface area contributed by atoms with Gasteiger partial charge in [-0.2, -0.15) is 0 Å². The van der Waals surface area contributed by atoms with Crippen molar-refractivity contribution in [3.8, 4) is 0 Å². The van der Waals surface area contributed by atoms with E-state index >= 15 is 0 Å². The first-order valence-electron chi connectivity index (χ1n) is 5.03. The number of hydrogen-bond acceptors (Lipinski definition) is 2. The van der Waals surface area contributed by atoms with Gasteiger partial charge >= 0.3 is 0 Å². The monoisotopic (exact) mass is 208 g/mol. The van der Waals surface area contributed by atoms with Gasteiger partial charge in [-0.3, -0.25) is 4.79 Å². The van der Waals surface area contributed by atoms with Crippen LogP contribution in [0.1, 0.15) is 19.3 Å². The molecule has 15 heavy (non-hydrogen) atoms. The van der Waals surface area contributed by atoms with Crippen LogP contribution >= 0.6 is 0 Å². The van der Waals surface area contributed by atoms with Crippen molar-refractivity contribution < 1.29 is 9.18 Å². The van der Waals surface area contributed by atoms with E-state index in [0.29, 0.717) is 0 Å². The molecule has 0 aliphatic heterocycles. The van der Waals surface area contributed by atoms with Crippen LogP contribution in [-0.4, -0.2) is 5.91 Å². The molecule has 3 nitrogen and oxygen atoms in total. The molecular weight excluding hydrogens is 195 g/mol. The van der Waals surface area contributed by atoms with Gasteiger partial charge in [0.2, 0.25) is 5.91 Å². The molecule has 1 aromatic rings. The van der Waals surface area contributed by atoms with Crippen LogP contribution in [0.25, 0.3) is 0 Å². The smallest absolute Gasteiger partial charge is 0.244 e. The zero-order valence-electron chi connectivity index (χ0n) is 8.32. The lowest BCUT2D eigenvalue weighted by molar-refractivity contribution is -0.124. The van der Waals surface area contributed by atoms with Crippen molar-refractivity contribution in [1.82, 2.24) is 0 Å². The number of hydrazine groups is 1. The van der Waals surface area contributed by atoms with E-state index < -0.39 is 5.82 Å². The molecule has 0 atom stereocenters. The third-order valence-electron chi connectivity index (χ3n) is 2.80. The Kier molecular flexibility index (Phi) is 2.68. The summed E-state index contributed by atoms with van der Waals surface area (Å²) >= 11 is 0. The lowest BCUT2D eigenvalue weighted by Gasteiger charge is -2.28. The van der Waals surface area contributed by atoms with Crippen LogP contribution in [0.15, 0.2) is 24.3 Å². The molecule has 1 aliphatic rings. The summed E-state index contributed by atoms with van der Waals surface area (Å²) in [5.74, 6) is 4.92. The summed E-state index contributed by atoms with van der Waals surface area (Å²) in [6.45, 7) is 0. The first-order valence-corrected chi connectivity index (χ1v) is 5.03.